The second-order valence-electron chi connectivity index (χ2n) is 3.72. The minimum Gasteiger partial charge on any atom is -0.330 e. The summed E-state index contributed by atoms with van der Waals surface area (Å²) in [6, 6.07) is 6.43. The highest BCUT2D eigenvalue weighted by molar-refractivity contribution is 5.63. The van der Waals surface area contributed by atoms with E-state index in [-0.39, 0.29) is 5.82 Å². The standard InChI is InChI=1S/C12H14FN3/c1-8-11(5-6-14)15-16-12(8)9-3-2-4-10(13)7-9/h2-4,7H,5-6,14H2,1H3,(H,15,16). The van der Waals surface area contributed by atoms with E-state index in [2.05, 4.69) is 10.2 Å². The Hall–Kier alpha value is -1.68. The molecule has 3 nitrogen and oxygen atoms in total. The van der Waals surface area contributed by atoms with Gasteiger partial charge in [-0.15, -0.1) is 0 Å². The fourth-order valence-corrected chi connectivity index (χ4v) is 1.74. The number of aromatic amines is 1. The summed E-state index contributed by atoms with van der Waals surface area (Å²) in [5, 5.41) is 7.14. The Morgan fingerprint density at radius 3 is 2.94 bits per heavy atom. The van der Waals surface area contributed by atoms with Crippen LogP contribution in [0, 0.1) is 12.7 Å². The van der Waals surface area contributed by atoms with E-state index in [1.807, 2.05) is 13.0 Å². The maximum absolute atomic E-state index is 13.1. The molecule has 1 aromatic carbocycles. The highest BCUT2D eigenvalue weighted by Crippen LogP contribution is 2.23. The molecule has 0 aliphatic heterocycles. The monoisotopic (exact) mass is 219 g/mol. The molecule has 0 fully saturated rings. The zero-order chi connectivity index (χ0) is 11.5. The van der Waals surface area contributed by atoms with Crippen LogP contribution in [0.3, 0.4) is 0 Å². The number of H-pyrrole nitrogens is 1. The van der Waals surface area contributed by atoms with E-state index in [1.54, 1.807) is 6.07 Å². The molecule has 0 saturated heterocycles. The van der Waals surface area contributed by atoms with E-state index < -0.39 is 0 Å². The number of hydrogen-bond acceptors (Lipinski definition) is 2. The van der Waals surface area contributed by atoms with Crippen molar-refractivity contribution in [3.05, 3.63) is 41.3 Å². The molecule has 4 heteroatoms. The number of aromatic nitrogens is 2. The van der Waals surface area contributed by atoms with Gasteiger partial charge in [0, 0.05) is 17.7 Å². The minimum atomic E-state index is -0.250. The Balaban J connectivity index is 2.41. The minimum absolute atomic E-state index is 0.250. The van der Waals surface area contributed by atoms with Crippen LogP contribution in [-0.2, 0) is 6.42 Å². The highest BCUT2D eigenvalue weighted by atomic mass is 19.1. The van der Waals surface area contributed by atoms with Crippen molar-refractivity contribution < 1.29 is 4.39 Å². The largest absolute Gasteiger partial charge is 0.330 e. The van der Waals surface area contributed by atoms with Crippen LogP contribution < -0.4 is 5.73 Å². The van der Waals surface area contributed by atoms with Crippen molar-refractivity contribution in [2.45, 2.75) is 13.3 Å². The molecule has 0 saturated carbocycles. The van der Waals surface area contributed by atoms with Crippen LogP contribution in [0.25, 0.3) is 11.3 Å². The van der Waals surface area contributed by atoms with E-state index in [0.717, 1.165) is 28.9 Å². The highest BCUT2D eigenvalue weighted by Gasteiger charge is 2.10. The first kappa shape index (κ1) is 10.8. The summed E-state index contributed by atoms with van der Waals surface area (Å²) >= 11 is 0. The summed E-state index contributed by atoms with van der Waals surface area (Å²) in [6.07, 6.45) is 0.758. The maximum Gasteiger partial charge on any atom is 0.123 e. The Kier molecular flexibility index (Phi) is 3.01. The molecule has 3 N–H and O–H groups in total. The van der Waals surface area contributed by atoms with Crippen molar-refractivity contribution >= 4 is 0 Å². The predicted molar refractivity (Wildman–Crippen MR) is 61.5 cm³/mol. The lowest BCUT2D eigenvalue weighted by atomic mass is 10.1. The van der Waals surface area contributed by atoms with Crippen LogP contribution in [-0.4, -0.2) is 16.7 Å². The maximum atomic E-state index is 13.1. The molecular formula is C12H14FN3. The summed E-state index contributed by atoms with van der Waals surface area (Å²) in [4.78, 5) is 0. The number of nitrogens with one attached hydrogen (secondary N) is 1. The van der Waals surface area contributed by atoms with Crippen molar-refractivity contribution in [2.75, 3.05) is 6.54 Å². The molecule has 16 heavy (non-hydrogen) atoms. The molecule has 0 aliphatic carbocycles. The van der Waals surface area contributed by atoms with Gasteiger partial charge in [0.1, 0.15) is 5.82 Å². The fraction of sp³-hybridized carbons (Fsp3) is 0.250. The van der Waals surface area contributed by atoms with E-state index in [1.165, 1.54) is 12.1 Å². The summed E-state index contributed by atoms with van der Waals surface area (Å²) < 4.78 is 13.1. The average molecular weight is 219 g/mol. The Morgan fingerprint density at radius 1 is 1.44 bits per heavy atom. The van der Waals surface area contributed by atoms with Gasteiger partial charge in [0.05, 0.1) is 5.69 Å². The molecule has 1 heterocycles. The van der Waals surface area contributed by atoms with Crippen LogP contribution in [0.2, 0.25) is 0 Å². The lowest BCUT2D eigenvalue weighted by molar-refractivity contribution is 0.628. The Labute approximate surface area is 93.5 Å². The smallest absolute Gasteiger partial charge is 0.123 e. The van der Waals surface area contributed by atoms with E-state index in [0.29, 0.717) is 6.54 Å². The first-order valence-electron chi connectivity index (χ1n) is 5.22. The number of nitrogens with two attached hydrogens (primary N) is 1. The lowest BCUT2D eigenvalue weighted by Gasteiger charge is -1.99. The molecule has 0 radical (unpaired) electrons. The zero-order valence-corrected chi connectivity index (χ0v) is 9.13. The van der Waals surface area contributed by atoms with Crippen molar-refractivity contribution in [3.8, 4) is 11.3 Å². The van der Waals surface area contributed by atoms with Gasteiger partial charge in [0.15, 0.2) is 0 Å². The van der Waals surface area contributed by atoms with Crippen LogP contribution in [0.15, 0.2) is 24.3 Å². The Morgan fingerprint density at radius 2 is 2.25 bits per heavy atom. The van der Waals surface area contributed by atoms with Crippen molar-refractivity contribution in [1.82, 2.24) is 10.2 Å². The molecule has 1 aromatic heterocycles. The van der Waals surface area contributed by atoms with E-state index in [4.69, 9.17) is 5.73 Å². The quantitative estimate of drug-likeness (QED) is 0.829. The van der Waals surface area contributed by atoms with E-state index >= 15 is 0 Å². The third-order valence-corrected chi connectivity index (χ3v) is 2.60. The van der Waals surface area contributed by atoms with Crippen molar-refractivity contribution in [1.29, 1.82) is 0 Å². The molecule has 0 aliphatic rings. The molecular weight excluding hydrogens is 205 g/mol. The van der Waals surface area contributed by atoms with Gasteiger partial charge in [-0.25, -0.2) is 4.39 Å². The van der Waals surface area contributed by atoms with Crippen molar-refractivity contribution in [3.63, 3.8) is 0 Å². The second-order valence-corrected chi connectivity index (χ2v) is 3.72. The van der Waals surface area contributed by atoms with Gasteiger partial charge in [-0.05, 0) is 31.2 Å². The molecule has 2 aromatic rings. The molecule has 2 rings (SSSR count). The SMILES string of the molecule is Cc1c(-c2cccc(F)c2)n[nH]c1CCN. The van der Waals surface area contributed by atoms with Crippen molar-refractivity contribution in [2.24, 2.45) is 5.73 Å². The van der Waals surface area contributed by atoms with Gasteiger partial charge in [0.25, 0.3) is 0 Å². The third kappa shape index (κ3) is 1.97. The molecule has 0 atom stereocenters. The topological polar surface area (TPSA) is 54.7 Å². The van der Waals surface area contributed by atoms with E-state index in [9.17, 15) is 4.39 Å². The van der Waals surface area contributed by atoms with Crippen LogP contribution in [0.1, 0.15) is 11.3 Å². The molecule has 0 bridgehead atoms. The van der Waals surface area contributed by atoms with Gasteiger partial charge < -0.3 is 5.73 Å². The molecule has 0 spiro atoms. The zero-order valence-electron chi connectivity index (χ0n) is 9.13. The second kappa shape index (κ2) is 4.45. The molecule has 0 amide bonds. The summed E-state index contributed by atoms with van der Waals surface area (Å²) in [7, 11) is 0. The van der Waals surface area contributed by atoms with Gasteiger partial charge in [-0.3, -0.25) is 5.10 Å². The number of nitrogens with zero attached hydrogens (tertiary/aromatic N) is 1. The first-order chi connectivity index (χ1) is 7.72. The Bertz CT molecular complexity index is 491. The van der Waals surface area contributed by atoms with Gasteiger partial charge in [-0.1, -0.05) is 12.1 Å². The van der Waals surface area contributed by atoms with Gasteiger partial charge in [-0.2, -0.15) is 5.10 Å². The molecule has 0 unspecified atom stereocenters. The predicted octanol–water partition coefficient (Wildman–Crippen LogP) is 2.03. The summed E-state index contributed by atoms with van der Waals surface area (Å²) in [5.74, 6) is -0.250. The number of hydrogen-bond donors (Lipinski definition) is 2. The van der Waals surface area contributed by atoms with Crippen LogP contribution >= 0.6 is 0 Å². The number of rotatable bonds is 3. The fourth-order valence-electron chi connectivity index (χ4n) is 1.74. The molecule has 84 valence electrons. The third-order valence-electron chi connectivity index (χ3n) is 2.60. The van der Waals surface area contributed by atoms with Crippen LogP contribution in [0.5, 0.6) is 0 Å². The average Bonchev–Trinajstić information content (AvgIpc) is 2.61. The number of benzene rings is 1. The lowest BCUT2D eigenvalue weighted by Crippen LogP contribution is -2.03. The number of halogens is 1. The van der Waals surface area contributed by atoms with Gasteiger partial charge in [0.2, 0.25) is 0 Å². The summed E-state index contributed by atoms with van der Waals surface area (Å²) in [5.41, 5.74) is 9.13. The van der Waals surface area contributed by atoms with Crippen LogP contribution in [0.4, 0.5) is 4.39 Å². The van der Waals surface area contributed by atoms with Gasteiger partial charge >= 0.3 is 0 Å². The first-order valence-corrected chi connectivity index (χ1v) is 5.22. The normalized spacial score (nSPS) is 10.7. The summed E-state index contributed by atoms with van der Waals surface area (Å²) in [6.45, 7) is 2.54.